The summed E-state index contributed by atoms with van der Waals surface area (Å²) in [5.41, 5.74) is 5.47. The second-order valence-corrected chi connectivity index (χ2v) is 7.73. The fraction of sp³-hybridized carbons (Fsp3) is 0.273. The molecule has 0 saturated heterocycles. The van der Waals surface area contributed by atoms with E-state index in [0.717, 1.165) is 0 Å². The number of likely N-dealkylation sites (N-methyl/N-ethyl adjacent to an activating group) is 1. The van der Waals surface area contributed by atoms with E-state index >= 15 is 0 Å². The smallest absolute Gasteiger partial charge is 0.252 e. The van der Waals surface area contributed by atoms with Crippen LogP contribution >= 0.6 is 22.9 Å². The van der Waals surface area contributed by atoms with Crippen LogP contribution in [0.1, 0.15) is 0 Å². The summed E-state index contributed by atoms with van der Waals surface area (Å²) in [5, 5.41) is 4.91. The van der Waals surface area contributed by atoms with Gasteiger partial charge in [-0.15, -0.1) is 11.3 Å². The predicted octanol–water partition coefficient (Wildman–Crippen LogP) is 1.51. The summed E-state index contributed by atoms with van der Waals surface area (Å²) in [5.74, 6) is 0.513. The van der Waals surface area contributed by atoms with E-state index in [9.17, 15) is 8.42 Å². The van der Waals surface area contributed by atoms with Crippen molar-refractivity contribution in [3.63, 3.8) is 0 Å². The Kier molecular flexibility index (Phi) is 4.99. The second-order valence-electron chi connectivity index (χ2n) is 4.12. The van der Waals surface area contributed by atoms with E-state index in [1.54, 1.807) is 17.5 Å². The topological polar surface area (TPSA) is 101 Å². The van der Waals surface area contributed by atoms with Crippen molar-refractivity contribution < 1.29 is 8.42 Å². The Morgan fingerprint density at radius 3 is 2.86 bits per heavy atom. The average molecular weight is 348 g/mol. The highest BCUT2D eigenvalue weighted by Gasteiger charge is 2.21. The van der Waals surface area contributed by atoms with E-state index in [0.29, 0.717) is 16.6 Å². The van der Waals surface area contributed by atoms with Crippen molar-refractivity contribution in [3.8, 4) is 0 Å². The summed E-state index contributed by atoms with van der Waals surface area (Å²) in [6.07, 6.45) is 0. The van der Waals surface area contributed by atoms with Gasteiger partial charge in [-0.05, 0) is 11.4 Å². The molecule has 2 rings (SSSR count). The number of rotatable bonds is 6. The maximum Gasteiger partial charge on any atom is 0.252 e. The number of hydrogen-bond acceptors (Lipinski definition) is 7. The SMILES string of the molecule is CN(CCNc1cc(Cl)nc(N)n1)S(=O)(=O)c1cccs1. The van der Waals surface area contributed by atoms with Crippen LogP contribution in [-0.4, -0.2) is 42.8 Å². The number of anilines is 2. The molecule has 7 nitrogen and oxygen atoms in total. The van der Waals surface area contributed by atoms with Crippen molar-refractivity contribution in [2.24, 2.45) is 0 Å². The molecule has 0 amide bonds. The van der Waals surface area contributed by atoms with Crippen molar-refractivity contribution in [2.45, 2.75) is 4.21 Å². The Bertz CT molecular complexity index is 685. The number of nitrogen functional groups attached to an aromatic ring is 1. The van der Waals surface area contributed by atoms with Gasteiger partial charge in [-0.3, -0.25) is 0 Å². The van der Waals surface area contributed by atoms with Gasteiger partial charge in [0.1, 0.15) is 15.2 Å². The Labute approximate surface area is 131 Å². The molecular formula is C11H14ClN5O2S2. The summed E-state index contributed by atoms with van der Waals surface area (Å²) >= 11 is 6.94. The van der Waals surface area contributed by atoms with Crippen molar-refractivity contribution in [3.05, 3.63) is 28.7 Å². The summed E-state index contributed by atoms with van der Waals surface area (Å²) < 4.78 is 26.0. The molecule has 0 aromatic carbocycles. The molecule has 2 aromatic heterocycles. The lowest BCUT2D eigenvalue weighted by Gasteiger charge is -2.16. The zero-order valence-corrected chi connectivity index (χ0v) is 13.5. The minimum atomic E-state index is -3.44. The van der Waals surface area contributed by atoms with Crippen molar-refractivity contribution in [2.75, 3.05) is 31.2 Å². The van der Waals surface area contributed by atoms with Gasteiger partial charge >= 0.3 is 0 Å². The molecule has 0 saturated carbocycles. The fourth-order valence-corrected chi connectivity index (χ4v) is 4.11. The molecule has 0 unspecified atom stereocenters. The molecule has 2 heterocycles. The lowest BCUT2D eigenvalue weighted by atomic mass is 10.5. The van der Waals surface area contributed by atoms with Crippen LogP contribution in [0.15, 0.2) is 27.8 Å². The number of thiophene rings is 1. The number of nitrogens with two attached hydrogens (primary N) is 1. The molecule has 21 heavy (non-hydrogen) atoms. The average Bonchev–Trinajstić information content (AvgIpc) is 2.91. The van der Waals surface area contributed by atoms with E-state index < -0.39 is 10.0 Å². The van der Waals surface area contributed by atoms with E-state index in [2.05, 4.69) is 15.3 Å². The predicted molar refractivity (Wildman–Crippen MR) is 84.1 cm³/mol. The highest BCUT2D eigenvalue weighted by molar-refractivity contribution is 7.91. The summed E-state index contributed by atoms with van der Waals surface area (Å²) in [4.78, 5) is 7.69. The number of sulfonamides is 1. The van der Waals surface area contributed by atoms with Crippen LogP contribution < -0.4 is 11.1 Å². The molecular weight excluding hydrogens is 334 g/mol. The van der Waals surface area contributed by atoms with Crippen LogP contribution in [0.5, 0.6) is 0 Å². The second kappa shape index (κ2) is 6.56. The quantitative estimate of drug-likeness (QED) is 0.768. The molecule has 0 spiro atoms. The van der Waals surface area contributed by atoms with Gasteiger partial charge in [0.2, 0.25) is 5.95 Å². The van der Waals surface area contributed by atoms with Crippen LogP contribution in [-0.2, 0) is 10.0 Å². The highest BCUT2D eigenvalue weighted by Crippen LogP contribution is 2.19. The van der Waals surface area contributed by atoms with Crippen LogP contribution in [0, 0.1) is 0 Å². The van der Waals surface area contributed by atoms with E-state index in [4.69, 9.17) is 17.3 Å². The number of halogens is 1. The van der Waals surface area contributed by atoms with Gasteiger partial charge < -0.3 is 11.1 Å². The molecule has 0 aliphatic heterocycles. The molecule has 114 valence electrons. The number of hydrogen-bond donors (Lipinski definition) is 2. The van der Waals surface area contributed by atoms with E-state index in [-0.39, 0.29) is 17.6 Å². The van der Waals surface area contributed by atoms with Gasteiger partial charge in [0, 0.05) is 26.2 Å². The Balaban J connectivity index is 1.94. The molecule has 0 aliphatic carbocycles. The largest absolute Gasteiger partial charge is 0.369 e. The molecule has 0 radical (unpaired) electrons. The Morgan fingerprint density at radius 1 is 1.48 bits per heavy atom. The molecule has 0 aliphatic rings. The Morgan fingerprint density at radius 2 is 2.24 bits per heavy atom. The zero-order chi connectivity index (χ0) is 15.5. The van der Waals surface area contributed by atoms with Crippen molar-refractivity contribution in [1.82, 2.24) is 14.3 Å². The minimum absolute atomic E-state index is 0.0598. The van der Waals surface area contributed by atoms with E-state index in [1.807, 2.05) is 0 Å². The summed E-state index contributed by atoms with van der Waals surface area (Å²) in [7, 11) is -1.91. The third-order valence-electron chi connectivity index (χ3n) is 2.60. The number of nitrogens with one attached hydrogen (secondary N) is 1. The van der Waals surface area contributed by atoms with Gasteiger partial charge in [0.15, 0.2) is 0 Å². The van der Waals surface area contributed by atoms with Gasteiger partial charge in [-0.2, -0.15) is 9.29 Å². The first-order chi connectivity index (χ1) is 9.89. The first kappa shape index (κ1) is 16.0. The first-order valence-electron chi connectivity index (χ1n) is 5.93. The fourth-order valence-electron chi connectivity index (χ4n) is 1.55. The molecule has 0 atom stereocenters. The molecule has 0 fully saturated rings. The van der Waals surface area contributed by atoms with Gasteiger partial charge in [0.25, 0.3) is 10.0 Å². The van der Waals surface area contributed by atoms with E-state index in [1.165, 1.54) is 28.8 Å². The molecule has 2 aromatic rings. The minimum Gasteiger partial charge on any atom is -0.369 e. The van der Waals surface area contributed by atoms with Crippen LogP contribution in [0.2, 0.25) is 5.15 Å². The lowest BCUT2D eigenvalue weighted by Crippen LogP contribution is -2.31. The van der Waals surface area contributed by atoms with Gasteiger partial charge in [0.05, 0.1) is 0 Å². The first-order valence-corrected chi connectivity index (χ1v) is 8.63. The molecule has 0 bridgehead atoms. The third-order valence-corrected chi connectivity index (χ3v) is 6.03. The normalized spacial score (nSPS) is 11.8. The van der Waals surface area contributed by atoms with Crippen molar-refractivity contribution in [1.29, 1.82) is 0 Å². The maximum atomic E-state index is 12.2. The maximum absolute atomic E-state index is 12.2. The molecule has 3 N–H and O–H groups in total. The standard InChI is InChI=1S/C11H14ClN5O2S2/c1-17(21(18,19)10-3-2-6-20-10)5-4-14-9-7-8(12)15-11(13)16-9/h2-3,6-7H,4-5H2,1H3,(H3,13,14,15,16). The Hall–Kier alpha value is -1.42. The van der Waals surface area contributed by atoms with Gasteiger partial charge in [-0.25, -0.2) is 13.4 Å². The number of aromatic nitrogens is 2. The monoisotopic (exact) mass is 347 g/mol. The lowest BCUT2D eigenvalue weighted by molar-refractivity contribution is 0.482. The van der Waals surface area contributed by atoms with Crippen molar-refractivity contribution >= 4 is 44.7 Å². The van der Waals surface area contributed by atoms with Crippen LogP contribution in [0.3, 0.4) is 0 Å². The summed E-state index contributed by atoms with van der Waals surface area (Å²) in [6, 6.07) is 4.80. The van der Waals surface area contributed by atoms with Crippen LogP contribution in [0.25, 0.3) is 0 Å². The van der Waals surface area contributed by atoms with Gasteiger partial charge in [-0.1, -0.05) is 17.7 Å². The summed E-state index contributed by atoms with van der Waals surface area (Å²) in [6.45, 7) is 0.648. The zero-order valence-electron chi connectivity index (χ0n) is 11.2. The molecule has 10 heteroatoms. The highest BCUT2D eigenvalue weighted by atomic mass is 35.5. The number of nitrogens with zero attached hydrogens (tertiary/aromatic N) is 3. The third kappa shape index (κ3) is 4.03. The van der Waals surface area contributed by atoms with Crippen LogP contribution in [0.4, 0.5) is 11.8 Å².